The number of nitrogens with zero attached hydrogens (tertiary/aromatic N) is 2. The van der Waals surface area contributed by atoms with Crippen LogP contribution in [0.4, 0.5) is 5.69 Å². The van der Waals surface area contributed by atoms with E-state index >= 15 is 0 Å². The zero-order valence-corrected chi connectivity index (χ0v) is 16.9. The highest BCUT2D eigenvalue weighted by atomic mass is 16.2. The number of carbonyl (C=O) groups excluding carboxylic acids is 2. The van der Waals surface area contributed by atoms with Gasteiger partial charge in [0.1, 0.15) is 0 Å². The molecule has 1 fully saturated rings. The number of amides is 2. The topological polar surface area (TPSA) is 52.7 Å². The van der Waals surface area contributed by atoms with Crippen molar-refractivity contribution in [3.8, 4) is 0 Å². The lowest BCUT2D eigenvalue weighted by Crippen LogP contribution is -2.51. The van der Waals surface area contributed by atoms with E-state index in [1.165, 1.54) is 11.1 Å². The first-order chi connectivity index (χ1) is 13.3. The lowest BCUT2D eigenvalue weighted by molar-refractivity contribution is -0.144. The number of carbonyl (C=O) groups is 2. The Balaban J connectivity index is 1.50. The van der Waals surface area contributed by atoms with Crippen LogP contribution < -0.4 is 5.32 Å². The molecular formula is C23H29N3O2. The monoisotopic (exact) mass is 379 g/mol. The summed E-state index contributed by atoms with van der Waals surface area (Å²) in [6, 6.07) is 18.0. The van der Waals surface area contributed by atoms with Crippen molar-refractivity contribution < 1.29 is 9.59 Å². The minimum Gasteiger partial charge on any atom is -0.332 e. The fourth-order valence-electron chi connectivity index (χ4n) is 3.33. The molecule has 28 heavy (non-hydrogen) atoms. The highest BCUT2D eigenvalue weighted by Crippen LogP contribution is 2.23. The average molecular weight is 380 g/mol. The molecule has 0 atom stereocenters. The summed E-state index contributed by atoms with van der Waals surface area (Å²) in [5, 5.41) is 2.72. The van der Waals surface area contributed by atoms with E-state index in [2.05, 4.69) is 43.1 Å². The molecule has 1 aliphatic rings. The summed E-state index contributed by atoms with van der Waals surface area (Å²) in [5.41, 5.74) is 3.15. The standard InChI is InChI=1S/C23H29N3O2/c1-23(2,3)19-9-11-20(12-10-19)24-21(27)22(28)26-15-13-25(14-16-26)17-18-7-5-4-6-8-18/h4-12H,13-17H2,1-3H3,(H,24,27). The SMILES string of the molecule is CC(C)(C)c1ccc(NC(=O)C(=O)N2CCN(Cc3ccccc3)CC2)cc1. The maximum absolute atomic E-state index is 12.5. The molecule has 3 rings (SSSR count). The van der Waals surface area contributed by atoms with Crippen molar-refractivity contribution in [1.82, 2.24) is 9.80 Å². The van der Waals surface area contributed by atoms with Gasteiger partial charge >= 0.3 is 11.8 Å². The van der Waals surface area contributed by atoms with Crippen LogP contribution in [0.1, 0.15) is 31.9 Å². The van der Waals surface area contributed by atoms with Gasteiger partial charge in [0.2, 0.25) is 0 Å². The predicted molar refractivity (Wildman–Crippen MR) is 112 cm³/mol. The van der Waals surface area contributed by atoms with E-state index in [0.717, 1.165) is 19.6 Å². The molecule has 1 N–H and O–H groups in total. The van der Waals surface area contributed by atoms with Crippen LogP contribution >= 0.6 is 0 Å². The zero-order chi connectivity index (χ0) is 20.1. The Labute approximate surface area is 167 Å². The number of hydrogen-bond acceptors (Lipinski definition) is 3. The smallest absolute Gasteiger partial charge is 0.313 e. The summed E-state index contributed by atoms with van der Waals surface area (Å²) in [4.78, 5) is 28.8. The first kappa shape index (κ1) is 20.1. The summed E-state index contributed by atoms with van der Waals surface area (Å²) in [6.07, 6.45) is 0. The molecule has 148 valence electrons. The number of piperazine rings is 1. The fraction of sp³-hybridized carbons (Fsp3) is 0.391. The molecule has 5 heteroatoms. The van der Waals surface area contributed by atoms with Crippen LogP contribution in [0.5, 0.6) is 0 Å². The number of rotatable bonds is 3. The number of anilines is 1. The minimum absolute atomic E-state index is 0.0534. The second-order valence-corrected chi connectivity index (χ2v) is 8.34. The zero-order valence-electron chi connectivity index (χ0n) is 16.9. The van der Waals surface area contributed by atoms with Crippen LogP contribution in [-0.2, 0) is 21.5 Å². The van der Waals surface area contributed by atoms with E-state index in [1.54, 1.807) is 4.90 Å². The van der Waals surface area contributed by atoms with E-state index in [4.69, 9.17) is 0 Å². The maximum Gasteiger partial charge on any atom is 0.313 e. The average Bonchev–Trinajstić information content (AvgIpc) is 2.68. The van der Waals surface area contributed by atoms with Gasteiger partial charge in [-0.15, -0.1) is 0 Å². The van der Waals surface area contributed by atoms with Gasteiger partial charge in [0.15, 0.2) is 0 Å². The second-order valence-electron chi connectivity index (χ2n) is 8.34. The van der Waals surface area contributed by atoms with Crippen molar-refractivity contribution in [2.75, 3.05) is 31.5 Å². The molecule has 5 nitrogen and oxygen atoms in total. The highest BCUT2D eigenvalue weighted by molar-refractivity contribution is 6.39. The van der Waals surface area contributed by atoms with Crippen LogP contribution in [0.3, 0.4) is 0 Å². The molecule has 1 saturated heterocycles. The summed E-state index contributed by atoms with van der Waals surface area (Å²) in [6.45, 7) is 9.98. The van der Waals surface area contributed by atoms with E-state index in [0.29, 0.717) is 18.8 Å². The quantitative estimate of drug-likeness (QED) is 0.833. The largest absolute Gasteiger partial charge is 0.332 e. The van der Waals surface area contributed by atoms with Gasteiger partial charge < -0.3 is 10.2 Å². The summed E-state index contributed by atoms with van der Waals surface area (Å²) in [7, 11) is 0. The predicted octanol–water partition coefficient (Wildman–Crippen LogP) is 3.27. The summed E-state index contributed by atoms with van der Waals surface area (Å²) < 4.78 is 0. The van der Waals surface area contributed by atoms with Crippen molar-refractivity contribution in [2.24, 2.45) is 0 Å². The number of nitrogens with one attached hydrogen (secondary N) is 1. The second kappa shape index (κ2) is 8.57. The minimum atomic E-state index is -0.569. The van der Waals surface area contributed by atoms with Crippen LogP contribution in [0.2, 0.25) is 0 Å². The number of benzene rings is 2. The molecule has 2 aromatic rings. The molecule has 0 bridgehead atoms. The lowest BCUT2D eigenvalue weighted by Gasteiger charge is -2.34. The van der Waals surface area contributed by atoms with Gasteiger partial charge in [0.25, 0.3) is 0 Å². The number of hydrogen-bond donors (Lipinski definition) is 1. The van der Waals surface area contributed by atoms with Gasteiger partial charge in [0, 0.05) is 38.4 Å². The van der Waals surface area contributed by atoms with Gasteiger partial charge in [0.05, 0.1) is 0 Å². The third-order valence-electron chi connectivity index (χ3n) is 5.11. The van der Waals surface area contributed by atoms with Gasteiger partial charge in [-0.3, -0.25) is 14.5 Å². The molecule has 0 saturated carbocycles. The lowest BCUT2D eigenvalue weighted by atomic mass is 9.87. The molecule has 2 amide bonds. The van der Waals surface area contributed by atoms with Crippen molar-refractivity contribution >= 4 is 17.5 Å². The van der Waals surface area contributed by atoms with Crippen LogP contribution in [-0.4, -0.2) is 47.8 Å². The van der Waals surface area contributed by atoms with Crippen LogP contribution in [0.15, 0.2) is 54.6 Å². The molecule has 0 radical (unpaired) electrons. The van der Waals surface area contributed by atoms with E-state index in [9.17, 15) is 9.59 Å². The Morgan fingerprint density at radius 1 is 0.893 bits per heavy atom. The molecular weight excluding hydrogens is 350 g/mol. The maximum atomic E-state index is 12.5. The van der Waals surface area contributed by atoms with Crippen molar-refractivity contribution in [3.63, 3.8) is 0 Å². The molecule has 1 aliphatic heterocycles. The summed E-state index contributed by atoms with van der Waals surface area (Å²) in [5.74, 6) is -1.03. The Bertz CT molecular complexity index is 802. The van der Waals surface area contributed by atoms with E-state index in [-0.39, 0.29) is 5.41 Å². The summed E-state index contributed by atoms with van der Waals surface area (Å²) >= 11 is 0. The molecule has 0 unspecified atom stereocenters. The highest BCUT2D eigenvalue weighted by Gasteiger charge is 2.26. The molecule has 1 heterocycles. The van der Waals surface area contributed by atoms with Gasteiger partial charge in [-0.2, -0.15) is 0 Å². The van der Waals surface area contributed by atoms with Crippen molar-refractivity contribution in [3.05, 3.63) is 65.7 Å². The Morgan fingerprint density at radius 2 is 1.50 bits per heavy atom. The third kappa shape index (κ3) is 5.20. The first-order valence-corrected chi connectivity index (χ1v) is 9.80. The Kier molecular flexibility index (Phi) is 6.15. The van der Waals surface area contributed by atoms with Gasteiger partial charge in [-0.25, -0.2) is 0 Å². The fourth-order valence-corrected chi connectivity index (χ4v) is 3.33. The van der Waals surface area contributed by atoms with Crippen LogP contribution in [0.25, 0.3) is 0 Å². The van der Waals surface area contributed by atoms with Crippen molar-refractivity contribution in [1.29, 1.82) is 0 Å². The Morgan fingerprint density at radius 3 is 2.07 bits per heavy atom. The van der Waals surface area contributed by atoms with E-state index < -0.39 is 11.8 Å². The molecule has 2 aromatic carbocycles. The molecule has 0 spiro atoms. The van der Waals surface area contributed by atoms with E-state index in [1.807, 2.05) is 42.5 Å². The van der Waals surface area contributed by atoms with Crippen molar-refractivity contribution in [2.45, 2.75) is 32.7 Å². The van der Waals surface area contributed by atoms with Crippen LogP contribution in [0, 0.1) is 0 Å². The normalized spacial score (nSPS) is 15.3. The molecule has 0 aliphatic carbocycles. The van der Waals surface area contributed by atoms with Gasteiger partial charge in [-0.1, -0.05) is 63.2 Å². The molecule has 0 aromatic heterocycles. The first-order valence-electron chi connectivity index (χ1n) is 9.80. The third-order valence-corrected chi connectivity index (χ3v) is 5.11. The Hall–Kier alpha value is -2.66. The van der Waals surface area contributed by atoms with Gasteiger partial charge in [-0.05, 0) is 28.7 Å².